The quantitative estimate of drug-likeness (QED) is 0.622. The minimum Gasteiger partial charge on any atom is -0.492 e. The van der Waals surface area contributed by atoms with Crippen LogP contribution in [0, 0.1) is 5.92 Å². The summed E-state index contributed by atoms with van der Waals surface area (Å²) >= 11 is 7.17. The fraction of sp³-hybridized carbons (Fsp3) is 0.647. The Morgan fingerprint density at radius 3 is 2.76 bits per heavy atom. The van der Waals surface area contributed by atoms with Crippen molar-refractivity contribution in [3.63, 3.8) is 0 Å². The number of hydrogen-bond acceptors (Lipinski definition) is 2. The van der Waals surface area contributed by atoms with Crippen molar-refractivity contribution in [3.05, 3.63) is 26.6 Å². The Morgan fingerprint density at radius 2 is 2.00 bits per heavy atom. The highest BCUT2D eigenvalue weighted by Crippen LogP contribution is 2.33. The summed E-state index contributed by atoms with van der Waals surface area (Å²) < 4.78 is 7.90. The van der Waals surface area contributed by atoms with Gasteiger partial charge in [0, 0.05) is 22.6 Å². The highest BCUT2D eigenvalue weighted by atomic mass is 79.9. The van der Waals surface area contributed by atoms with Gasteiger partial charge in [0.05, 0.1) is 11.1 Å². The first-order chi connectivity index (χ1) is 10.1. The van der Waals surface area contributed by atoms with E-state index in [9.17, 15) is 0 Å². The fourth-order valence-electron chi connectivity index (χ4n) is 3.00. The van der Waals surface area contributed by atoms with E-state index in [0.29, 0.717) is 12.6 Å². The molecular formula is C17H25Br2NO. The van der Waals surface area contributed by atoms with E-state index < -0.39 is 0 Å². The van der Waals surface area contributed by atoms with Crippen LogP contribution < -0.4 is 10.1 Å². The zero-order valence-corrected chi connectivity index (χ0v) is 16.1. The van der Waals surface area contributed by atoms with Gasteiger partial charge in [0.25, 0.3) is 0 Å². The summed E-state index contributed by atoms with van der Waals surface area (Å²) in [4.78, 5) is 0. The van der Waals surface area contributed by atoms with Crippen molar-refractivity contribution in [1.82, 2.24) is 5.32 Å². The van der Waals surface area contributed by atoms with Crippen LogP contribution in [0.2, 0.25) is 0 Å². The van der Waals surface area contributed by atoms with Crippen LogP contribution in [0.5, 0.6) is 5.75 Å². The van der Waals surface area contributed by atoms with Gasteiger partial charge in [0.15, 0.2) is 0 Å². The monoisotopic (exact) mass is 417 g/mol. The van der Waals surface area contributed by atoms with E-state index in [4.69, 9.17) is 4.74 Å². The first-order valence-corrected chi connectivity index (χ1v) is 9.52. The predicted octanol–water partition coefficient (Wildman–Crippen LogP) is 5.67. The van der Waals surface area contributed by atoms with Gasteiger partial charge in [0.2, 0.25) is 0 Å². The maximum absolute atomic E-state index is 5.80. The number of nitrogens with one attached hydrogen (secondary N) is 1. The first kappa shape index (κ1) is 17.3. The minimum absolute atomic E-state index is 0.641. The molecule has 0 amide bonds. The second-order valence-corrected chi connectivity index (χ2v) is 7.77. The molecule has 2 atom stereocenters. The summed E-state index contributed by atoms with van der Waals surface area (Å²) in [5.41, 5.74) is 1.22. The van der Waals surface area contributed by atoms with Crippen molar-refractivity contribution in [2.45, 2.75) is 58.5 Å². The van der Waals surface area contributed by atoms with Gasteiger partial charge in [-0.2, -0.15) is 0 Å². The molecule has 0 aromatic heterocycles. The third-order valence-corrected chi connectivity index (χ3v) is 5.26. The van der Waals surface area contributed by atoms with Crippen LogP contribution in [-0.2, 0) is 6.54 Å². The van der Waals surface area contributed by atoms with Crippen LogP contribution in [0.1, 0.15) is 51.5 Å². The van der Waals surface area contributed by atoms with Gasteiger partial charge in [-0.25, -0.2) is 0 Å². The summed E-state index contributed by atoms with van der Waals surface area (Å²) in [5.74, 6) is 1.85. The summed E-state index contributed by atoms with van der Waals surface area (Å²) in [6, 6.07) is 4.84. The Morgan fingerprint density at radius 1 is 1.19 bits per heavy atom. The molecule has 1 aromatic rings. The molecule has 1 N–H and O–H groups in total. The lowest BCUT2D eigenvalue weighted by Gasteiger charge is -2.19. The Hall–Kier alpha value is -0.0600. The third kappa shape index (κ3) is 5.26. The lowest BCUT2D eigenvalue weighted by Crippen LogP contribution is -2.28. The maximum Gasteiger partial charge on any atom is 0.138 e. The number of benzene rings is 1. The zero-order chi connectivity index (χ0) is 15.2. The van der Waals surface area contributed by atoms with Crippen molar-refractivity contribution < 1.29 is 4.74 Å². The summed E-state index contributed by atoms with van der Waals surface area (Å²) in [6.07, 6.45) is 6.66. The average Bonchev–Trinajstić information content (AvgIpc) is 2.64. The Balaban J connectivity index is 2.01. The Labute approximate surface area is 145 Å². The molecule has 118 valence electrons. The summed E-state index contributed by atoms with van der Waals surface area (Å²) in [6.45, 7) is 5.96. The molecule has 1 fully saturated rings. The lowest BCUT2D eigenvalue weighted by atomic mass is 10.0. The van der Waals surface area contributed by atoms with Gasteiger partial charge in [-0.15, -0.1) is 0 Å². The van der Waals surface area contributed by atoms with Crippen LogP contribution >= 0.6 is 31.9 Å². The van der Waals surface area contributed by atoms with Gasteiger partial charge >= 0.3 is 0 Å². The van der Waals surface area contributed by atoms with Crippen molar-refractivity contribution in [1.29, 1.82) is 0 Å². The molecule has 0 saturated heterocycles. The van der Waals surface area contributed by atoms with E-state index in [1.54, 1.807) is 0 Å². The predicted molar refractivity (Wildman–Crippen MR) is 95.9 cm³/mol. The second kappa shape index (κ2) is 8.54. The molecule has 1 aliphatic rings. The van der Waals surface area contributed by atoms with Crippen molar-refractivity contribution in [2.24, 2.45) is 5.92 Å². The van der Waals surface area contributed by atoms with Crippen LogP contribution in [0.25, 0.3) is 0 Å². The molecule has 0 radical (unpaired) electrons. The van der Waals surface area contributed by atoms with E-state index in [1.165, 1.54) is 37.7 Å². The van der Waals surface area contributed by atoms with Gasteiger partial charge < -0.3 is 10.1 Å². The Kier molecular flexibility index (Phi) is 7.03. The molecule has 2 unspecified atom stereocenters. The molecule has 0 heterocycles. The maximum atomic E-state index is 5.80. The number of halogens is 2. The van der Waals surface area contributed by atoms with Crippen LogP contribution in [0.4, 0.5) is 0 Å². The number of ether oxygens (including phenoxy) is 1. The van der Waals surface area contributed by atoms with Crippen LogP contribution in [0.3, 0.4) is 0 Å². The number of hydrogen-bond donors (Lipinski definition) is 1. The Bertz CT molecular complexity index is 464. The molecule has 21 heavy (non-hydrogen) atoms. The fourth-order valence-corrected chi connectivity index (χ4v) is 4.42. The zero-order valence-electron chi connectivity index (χ0n) is 12.9. The van der Waals surface area contributed by atoms with E-state index >= 15 is 0 Å². The van der Waals surface area contributed by atoms with Gasteiger partial charge in [-0.05, 0) is 60.2 Å². The third-order valence-electron chi connectivity index (χ3n) is 4.21. The standard InChI is InChI=1S/C17H25Br2NO/c1-3-21-17-13(9-14(18)10-16(17)19)11-20-15-6-4-5-12(2)7-8-15/h9-10,12,15,20H,3-8,11H2,1-2H3. The molecule has 2 nitrogen and oxygen atoms in total. The van der Waals surface area contributed by atoms with E-state index in [1.807, 2.05) is 13.0 Å². The van der Waals surface area contributed by atoms with Crippen molar-refractivity contribution in [3.8, 4) is 5.75 Å². The lowest BCUT2D eigenvalue weighted by molar-refractivity contribution is 0.331. The molecule has 1 aromatic carbocycles. The molecule has 1 saturated carbocycles. The van der Waals surface area contributed by atoms with Crippen molar-refractivity contribution in [2.75, 3.05) is 6.61 Å². The minimum atomic E-state index is 0.641. The summed E-state index contributed by atoms with van der Waals surface area (Å²) in [7, 11) is 0. The van der Waals surface area contributed by atoms with E-state index in [-0.39, 0.29) is 0 Å². The molecular weight excluding hydrogens is 394 g/mol. The van der Waals surface area contributed by atoms with Gasteiger partial charge in [-0.3, -0.25) is 0 Å². The molecule has 1 aliphatic carbocycles. The first-order valence-electron chi connectivity index (χ1n) is 7.94. The molecule has 0 bridgehead atoms. The average molecular weight is 419 g/mol. The van der Waals surface area contributed by atoms with Crippen LogP contribution in [-0.4, -0.2) is 12.6 Å². The highest BCUT2D eigenvalue weighted by molar-refractivity contribution is 9.11. The SMILES string of the molecule is CCOc1c(Br)cc(Br)cc1CNC1CCCC(C)CC1. The van der Waals surface area contributed by atoms with Crippen LogP contribution in [0.15, 0.2) is 21.1 Å². The topological polar surface area (TPSA) is 21.3 Å². The smallest absolute Gasteiger partial charge is 0.138 e. The van der Waals surface area contributed by atoms with E-state index in [0.717, 1.165) is 27.2 Å². The second-order valence-electron chi connectivity index (χ2n) is 6.00. The number of rotatable bonds is 5. The highest BCUT2D eigenvalue weighted by Gasteiger charge is 2.17. The molecule has 4 heteroatoms. The molecule has 0 aliphatic heterocycles. The van der Waals surface area contributed by atoms with Gasteiger partial charge in [0.1, 0.15) is 5.75 Å². The van der Waals surface area contributed by atoms with Crippen molar-refractivity contribution >= 4 is 31.9 Å². The van der Waals surface area contributed by atoms with E-state index in [2.05, 4.69) is 50.2 Å². The molecule has 0 spiro atoms. The van der Waals surface area contributed by atoms with Gasteiger partial charge in [-0.1, -0.05) is 35.7 Å². The normalized spacial score (nSPS) is 22.9. The molecule has 2 rings (SSSR count). The largest absolute Gasteiger partial charge is 0.492 e. The summed E-state index contributed by atoms with van der Waals surface area (Å²) in [5, 5.41) is 3.73.